The number of rotatable bonds is 7. The molecule has 1 saturated heterocycles. The number of para-hydroxylation sites is 1. The molecule has 0 radical (unpaired) electrons. The fourth-order valence-electron chi connectivity index (χ4n) is 4.97. The highest BCUT2D eigenvalue weighted by molar-refractivity contribution is 8.05. The highest BCUT2D eigenvalue weighted by Crippen LogP contribution is 2.42. The van der Waals surface area contributed by atoms with Crippen molar-refractivity contribution in [2.75, 3.05) is 5.32 Å². The standard InChI is InChI=1S/C30H31FN2O2S/c1-21-8-5-6-13-27(21)33-29(34)28(36-30(33)32-25-11-3-2-4-12-25)19-22-14-16-26(17-15-22)35-20-23-9-7-10-24(31)18-23/h2-4,7,9-12,14-19,21,27,30,32H,5-6,8,13,20H2,1H3/b28-19-/t21-,27+,30?/m0/s1. The molecule has 1 amide bonds. The molecule has 0 bridgehead atoms. The number of nitrogens with zero attached hydrogens (tertiary/aromatic N) is 1. The van der Waals surface area contributed by atoms with Crippen LogP contribution in [-0.2, 0) is 11.4 Å². The molecule has 1 aliphatic carbocycles. The molecule has 5 rings (SSSR count). The van der Waals surface area contributed by atoms with Crippen LogP contribution in [0.3, 0.4) is 0 Å². The van der Waals surface area contributed by atoms with Gasteiger partial charge in [0, 0.05) is 11.7 Å². The maximum absolute atomic E-state index is 13.7. The zero-order valence-corrected chi connectivity index (χ0v) is 21.2. The lowest BCUT2D eigenvalue weighted by molar-refractivity contribution is -0.129. The van der Waals surface area contributed by atoms with Gasteiger partial charge in [0.1, 0.15) is 18.2 Å². The molecule has 3 aromatic carbocycles. The number of anilines is 1. The molecule has 6 heteroatoms. The number of amides is 1. The Kier molecular flexibility index (Phi) is 7.61. The molecule has 0 aromatic heterocycles. The smallest absolute Gasteiger partial charge is 0.262 e. The van der Waals surface area contributed by atoms with Gasteiger partial charge in [0.2, 0.25) is 0 Å². The maximum Gasteiger partial charge on any atom is 0.262 e. The lowest BCUT2D eigenvalue weighted by Crippen LogP contribution is -2.48. The van der Waals surface area contributed by atoms with Crippen molar-refractivity contribution in [3.05, 3.63) is 101 Å². The highest BCUT2D eigenvalue weighted by Gasteiger charge is 2.42. The summed E-state index contributed by atoms with van der Waals surface area (Å²) in [6.07, 6.45) is 6.58. The van der Waals surface area contributed by atoms with Crippen molar-refractivity contribution >= 4 is 29.4 Å². The summed E-state index contributed by atoms with van der Waals surface area (Å²) >= 11 is 1.58. The zero-order chi connectivity index (χ0) is 24.9. The minimum Gasteiger partial charge on any atom is -0.489 e. The van der Waals surface area contributed by atoms with Crippen LogP contribution in [0.4, 0.5) is 10.1 Å². The third-order valence-corrected chi connectivity index (χ3v) is 8.01. The molecule has 2 fully saturated rings. The summed E-state index contributed by atoms with van der Waals surface area (Å²) in [5, 5.41) is 3.58. The second kappa shape index (κ2) is 11.2. The predicted octanol–water partition coefficient (Wildman–Crippen LogP) is 7.30. The molecule has 3 aromatic rings. The second-order valence-corrected chi connectivity index (χ2v) is 10.6. The van der Waals surface area contributed by atoms with E-state index in [1.165, 1.54) is 18.6 Å². The van der Waals surface area contributed by atoms with Crippen molar-refractivity contribution in [1.29, 1.82) is 0 Å². The number of nitrogens with one attached hydrogen (secondary N) is 1. The number of halogens is 1. The Hall–Kier alpha value is -3.25. The molecule has 3 atom stereocenters. The van der Waals surface area contributed by atoms with Crippen LogP contribution in [-0.4, -0.2) is 22.3 Å². The van der Waals surface area contributed by atoms with Crippen LogP contribution >= 0.6 is 11.8 Å². The summed E-state index contributed by atoms with van der Waals surface area (Å²) in [5.41, 5.74) is 2.60. The van der Waals surface area contributed by atoms with Crippen LogP contribution in [0.5, 0.6) is 5.75 Å². The van der Waals surface area contributed by atoms with E-state index in [4.69, 9.17) is 4.74 Å². The van der Waals surface area contributed by atoms with Crippen LogP contribution in [0.2, 0.25) is 0 Å². The average molecular weight is 503 g/mol. The summed E-state index contributed by atoms with van der Waals surface area (Å²) in [6.45, 7) is 2.57. The number of hydrogen-bond donors (Lipinski definition) is 1. The van der Waals surface area contributed by atoms with Crippen molar-refractivity contribution in [2.45, 2.75) is 50.8 Å². The van der Waals surface area contributed by atoms with Gasteiger partial charge >= 0.3 is 0 Å². The van der Waals surface area contributed by atoms with E-state index in [9.17, 15) is 9.18 Å². The molecule has 1 heterocycles. The molecule has 1 unspecified atom stereocenters. The van der Waals surface area contributed by atoms with E-state index in [1.807, 2.05) is 66.7 Å². The van der Waals surface area contributed by atoms with Gasteiger partial charge in [-0.3, -0.25) is 4.79 Å². The molecule has 4 nitrogen and oxygen atoms in total. The van der Waals surface area contributed by atoms with Crippen LogP contribution in [0.1, 0.15) is 43.7 Å². The number of ether oxygens (including phenoxy) is 1. The van der Waals surface area contributed by atoms with Gasteiger partial charge in [-0.25, -0.2) is 4.39 Å². The molecular weight excluding hydrogens is 471 g/mol. The van der Waals surface area contributed by atoms with Crippen LogP contribution in [0.25, 0.3) is 6.08 Å². The van der Waals surface area contributed by atoms with E-state index in [0.717, 1.165) is 41.0 Å². The molecule has 1 N–H and O–H groups in total. The van der Waals surface area contributed by atoms with Gasteiger partial charge in [-0.2, -0.15) is 0 Å². The Labute approximate surface area is 216 Å². The van der Waals surface area contributed by atoms with E-state index in [1.54, 1.807) is 17.8 Å². The molecule has 1 aliphatic heterocycles. The third kappa shape index (κ3) is 5.76. The Bertz CT molecular complexity index is 1220. The summed E-state index contributed by atoms with van der Waals surface area (Å²) in [5.74, 6) is 1.01. The summed E-state index contributed by atoms with van der Waals surface area (Å²) in [4.78, 5) is 16.5. The molecule has 186 valence electrons. The van der Waals surface area contributed by atoms with E-state index >= 15 is 0 Å². The van der Waals surface area contributed by atoms with Gasteiger partial charge in [-0.15, -0.1) is 0 Å². The molecular formula is C30H31FN2O2S. The topological polar surface area (TPSA) is 41.6 Å². The van der Waals surface area contributed by atoms with Crippen LogP contribution in [0.15, 0.2) is 83.8 Å². The minimum absolute atomic E-state index is 0.0959. The molecule has 36 heavy (non-hydrogen) atoms. The largest absolute Gasteiger partial charge is 0.489 e. The van der Waals surface area contributed by atoms with Gasteiger partial charge in [0.25, 0.3) is 5.91 Å². The van der Waals surface area contributed by atoms with Crippen molar-refractivity contribution in [1.82, 2.24) is 4.90 Å². The number of benzene rings is 3. The van der Waals surface area contributed by atoms with Crippen molar-refractivity contribution in [2.24, 2.45) is 5.92 Å². The van der Waals surface area contributed by atoms with Gasteiger partial charge in [-0.05, 0) is 72.4 Å². The van der Waals surface area contributed by atoms with Gasteiger partial charge in [-0.1, -0.05) is 74.0 Å². The number of carbonyl (C=O) groups is 1. The number of thioether (sulfide) groups is 1. The van der Waals surface area contributed by atoms with Gasteiger partial charge in [0.05, 0.1) is 4.91 Å². The van der Waals surface area contributed by atoms with Crippen molar-refractivity contribution in [3.8, 4) is 5.75 Å². The third-order valence-electron chi connectivity index (χ3n) is 6.90. The van der Waals surface area contributed by atoms with Gasteiger partial charge < -0.3 is 15.0 Å². The summed E-state index contributed by atoms with van der Waals surface area (Å²) < 4.78 is 19.2. The van der Waals surface area contributed by atoms with E-state index in [-0.39, 0.29) is 23.3 Å². The normalized spacial score (nSPS) is 23.2. The maximum atomic E-state index is 13.7. The lowest BCUT2D eigenvalue weighted by atomic mass is 9.85. The zero-order valence-electron chi connectivity index (χ0n) is 20.4. The number of hydrogen-bond acceptors (Lipinski definition) is 4. The summed E-state index contributed by atoms with van der Waals surface area (Å²) in [6, 6.07) is 24.4. The Morgan fingerprint density at radius 3 is 2.56 bits per heavy atom. The van der Waals surface area contributed by atoms with Crippen LogP contribution in [0, 0.1) is 11.7 Å². The molecule has 1 saturated carbocycles. The Balaban J connectivity index is 1.32. The Morgan fingerprint density at radius 2 is 1.81 bits per heavy atom. The first kappa shape index (κ1) is 24.4. The Morgan fingerprint density at radius 1 is 1.03 bits per heavy atom. The van der Waals surface area contributed by atoms with E-state index in [0.29, 0.717) is 18.3 Å². The number of carbonyl (C=O) groups excluding carboxylic acids is 1. The SMILES string of the molecule is C[C@H]1CCCC[C@H]1N1C(=O)/C(=C/c2ccc(OCc3cccc(F)c3)cc2)SC1Nc1ccccc1. The second-order valence-electron chi connectivity index (χ2n) is 9.52. The van der Waals surface area contributed by atoms with E-state index in [2.05, 4.69) is 17.1 Å². The average Bonchev–Trinajstić information content (AvgIpc) is 3.18. The van der Waals surface area contributed by atoms with Gasteiger partial charge in [0.15, 0.2) is 5.50 Å². The minimum atomic E-state index is -0.270. The predicted molar refractivity (Wildman–Crippen MR) is 145 cm³/mol. The quantitative estimate of drug-likeness (QED) is 0.344. The lowest BCUT2D eigenvalue weighted by Gasteiger charge is -2.39. The van der Waals surface area contributed by atoms with Crippen LogP contribution < -0.4 is 10.1 Å². The monoisotopic (exact) mass is 502 g/mol. The van der Waals surface area contributed by atoms with Crippen molar-refractivity contribution in [3.63, 3.8) is 0 Å². The van der Waals surface area contributed by atoms with E-state index < -0.39 is 0 Å². The summed E-state index contributed by atoms with van der Waals surface area (Å²) in [7, 11) is 0. The van der Waals surface area contributed by atoms with Crippen molar-refractivity contribution < 1.29 is 13.9 Å². The first-order valence-corrected chi connectivity index (χ1v) is 13.4. The fraction of sp³-hybridized carbons (Fsp3) is 0.300. The molecule has 2 aliphatic rings. The molecule has 0 spiro atoms. The fourth-order valence-corrected chi connectivity index (χ4v) is 6.18. The highest BCUT2D eigenvalue weighted by atomic mass is 32.2. The first-order valence-electron chi connectivity index (χ1n) is 12.6. The first-order chi connectivity index (χ1) is 17.6.